The van der Waals surface area contributed by atoms with E-state index in [-0.39, 0.29) is 5.91 Å². The van der Waals surface area contributed by atoms with Crippen LogP contribution in [0.25, 0.3) is 0 Å². The van der Waals surface area contributed by atoms with Crippen LogP contribution >= 0.6 is 0 Å². The molecule has 0 unspecified atom stereocenters. The van der Waals surface area contributed by atoms with E-state index in [1.165, 1.54) is 0 Å². The van der Waals surface area contributed by atoms with Gasteiger partial charge in [-0.3, -0.25) is 4.79 Å². The molecular weight excluding hydrogens is 214 g/mol. The zero-order valence-corrected chi connectivity index (χ0v) is 9.86. The summed E-state index contributed by atoms with van der Waals surface area (Å²) in [7, 11) is 0. The highest BCUT2D eigenvalue weighted by Crippen LogP contribution is 2.25. The van der Waals surface area contributed by atoms with Crippen molar-refractivity contribution in [1.82, 2.24) is 5.32 Å². The van der Waals surface area contributed by atoms with E-state index >= 15 is 0 Å². The van der Waals surface area contributed by atoms with Crippen LogP contribution in [0.5, 0.6) is 0 Å². The van der Waals surface area contributed by atoms with Crippen molar-refractivity contribution in [2.45, 2.75) is 13.3 Å². The summed E-state index contributed by atoms with van der Waals surface area (Å²) in [5, 5.41) is 12.0. The van der Waals surface area contributed by atoms with E-state index in [0.29, 0.717) is 25.1 Å². The molecule has 0 aliphatic carbocycles. The third kappa shape index (κ3) is 2.39. The maximum absolute atomic E-state index is 11.3. The number of rotatable bonds is 1. The number of nitrogens with one attached hydrogen (secondary N) is 1. The molecule has 0 atom stereocenters. The van der Waals surface area contributed by atoms with Crippen molar-refractivity contribution in [3.8, 4) is 6.07 Å². The maximum atomic E-state index is 11.3. The summed E-state index contributed by atoms with van der Waals surface area (Å²) in [5.41, 5.74) is 2.73. The van der Waals surface area contributed by atoms with Crippen molar-refractivity contribution < 1.29 is 4.79 Å². The van der Waals surface area contributed by atoms with Crippen LogP contribution in [-0.2, 0) is 4.79 Å². The highest BCUT2D eigenvalue weighted by molar-refractivity contribution is 5.77. The average Bonchev–Trinajstić information content (AvgIpc) is 2.54. The number of hydrogen-bond donors (Lipinski definition) is 1. The van der Waals surface area contributed by atoms with E-state index in [0.717, 1.165) is 17.8 Å². The van der Waals surface area contributed by atoms with Gasteiger partial charge in [0.1, 0.15) is 6.07 Å². The summed E-state index contributed by atoms with van der Waals surface area (Å²) in [4.78, 5) is 13.4. The minimum atomic E-state index is 0.0830. The number of para-hydroxylation sites is 1. The summed E-state index contributed by atoms with van der Waals surface area (Å²) >= 11 is 0. The Morgan fingerprint density at radius 3 is 3.00 bits per heavy atom. The first-order valence-electron chi connectivity index (χ1n) is 5.73. The Balaban J connectivity index is 2.33. The number of anilines is 1. The van der Waals surface area contributed by atoms with Crippen LogP contribution in [0, 0.1) is 18.3 Å². The minimum Gasteiger partial charge on any atom is -0.368 e. The number of hydrogen-bond acceptors (Lipinski definition) is 3. The van der Waals surface area contributed by atoms with Gasteiger partial charge in [-0.05, 0) is 18.6 Å². The van der Waals surface area contributed by atoms with Crippen LogP contribution in [0.15, 0.2) is 18.2 Å². The summed E-state index contributed by atoms with van der Waals surface area (Å²) in [5.74, 6) is 0.0830. The summed E-state index contributed by atoms with van der Waals surface area (Å²) < 4.78 is 0. The SMILES string of the molecule is Cc1cccc(C#N)c1N1CCNC(=O)CC1. The average molecular weight is 229 g/mol. The van der Waals surface area contributed by atoms with Gasteiger partial charge in [-0.1, -0.05) is 12.1 Å². The molecule has 1 fully saturated rings. The number of nitrogens with zero attached hydrogens (tertiary/aromatic N) is 2. The van der Waals surface area contributed by atoms with Gasteiger partial charge in [0.05, 0.1) is 11.3 Å². The molecule has 1 N–H and O–H groups in total. The fourth-order valence-corrected chi connectivity index (χ4v) is 2.16. The first-order chi connectivity index (χ1) is 8.22. The highest BCUT2D eigenvalue weighted by atomic mass is 16.1. The van der Waals surface area contributed by atoms with Crippen LogP contribution in [0.3, 0.4) is 0 Å². The van der Waals surface area contributed by atoms with E-state index in [2.05, 4.69) is 16.3 Å². The second-order valence-electron chi connectivity index (χ2n) is 4.17. The van der Waals surface area contributed by atoms with Crippen molar-refractivity contribution in [2.75, 3.05) is 24.5 Å². The molecule has 1 amide bonds. The van der Waals surface area contributed by atoms with Gasteiger partial charge >= 0.3 is 0 Å². The predicted octanol–water partition coefficient (Wildman–Crippen LogP) is 1.19. The van der Waals surface area contributed by atoms with Crippen molar-refractivity contribution in [3.63, 3.8) is 0 Å². The molecule has 1 aromatic rings. The molecule has 88 valence electrons. The standard InChI is InChI=1S/C13H15N3O/c1-10-3-2-4-11(9-14)13(10)16-7-5-12(17)15-6-8-16/h2-4H,5-8H2,1H3,(H,15,17). The molecule has 0 radical (unpaired) electrons. The largest absolute Gasteiger partial charge is 0.368 e. The molecule has 17 heavy (non-hydrogen) atoms. The first kappa shape index (κ1) is 11.5. The zero-order valence-electron chi connectivity index (χ0n) is 9.86. The third-order valence-corrected chi connectivity index (χ3v) is 2.99. The second kappa shape index (κ2) is 4.88. The Hall–Kier alpha value is -2.02. The molecule has 1 aliphatic rings. The van der Waals surface area contributed by atoms with E-state index < -0.39 is 0 Å². The Bertz CT molecular complexity index is 476. The second-order valence-corrected chi connectivity index (χ2v) is 4.17. The number of amides is 1. The Morgan fingerprint density at radius 2 is 2.24 bits per heavy atom. The molecule has 0 spiro atoms. The van der Waals surface area contributed by atoms with Gasteiger partial charge in [0.25, 0.3) is 0 Å². The molecule has 0 saturated carbocycles. The van der Waals surface area contributed by atoms with Crippen molar-refractivity contribution in [1.29, 1.82) is 5.26 Å². The molecule has 1 aromatic carbocycles. The fourth-order valence-electron chi connectivity index (χ4n) is 2.16. The predicted molar refractivity (Wildman–Crippen MR) is 65.7 cm³/mol. The van der Waals surface area contributed by atoms with Gasteiger partial charge in [-0.15, -0.1) is 0 Å². The molecular formula is C13H15N3O. The van der Waals surface area contributed by atoms with E-state index in [1.54, 1.807) is 0 Å². The van der Waals surface area contributed by atoms with Crippen molar-refractivity contribution in [2.24, 2.45) is 0 Å². The van der Waals surface area contributed by atoms with Crippen LogP contribution in [0.4, 0.5) is 5.69 Å². The normalized spacial score (nSPS) is 16.0. The first-order valence-corrected chi connectivity index (χ1v) is 5.73. The van der Waals surface area contributed by atoms with Gasteiger partial charge in [-0.25, -0.2) is 0 Å². The zero-order chi connectivity index (χ0) is 12.3. The fraction of sp³-hybridized carbons (Fsp3) is 0.385. The Labute approximate surface area is 101 Å². The van der Waals surface area contributed by atoms with Gasteiger partial charge < -0.3 is 10.2 Å². The lowest BCUT2D eigenvalue weighted by molar-refractivity contribution is -0.120. The van der Waals surface area contributed by atoms with Gasteiger partial charge in [0, 0.05) is 26.1 Å². The molecule has 1 saturated heterocycles. The smallest absolute Gasteiger partial charge is 0.221 e. The molecule has 2 rings (SSSR count). The summed E-state index contributed by atoms with van der Waals surface area (Å²) in [6.07, 6.45) is 0.485. The maximum Gasteiger partial charge on any atom is 0.221 e. The molecule has 0 bridgehead atoms. The van der Waals surface area contributed by atoms with Crippen LogP contribution in [-0.4, -0.2) is 25.5 Å². The van der Waals surface area contributed by atoms with Gasteiger partial charge in [0.2, 0.25) is 5.91 Å². The quantitative estimate of drug-likeness (QED) is 0.787. The molecule has 0 aromatic heterocycles. The topological polar surface area (TPSA) is 56.1 Å². The monoisotopic (exact) mass is 229 g/mol. The van der Waals surface area contributed by atoms with E-state index in [1.807, 2.05) is 25.1 Å². The number of benzene rings is 1. The Kier molecular flexibility index (Phi) is 3.29. The summed E-state index contributed by atoms with van der Waals surface area (Å²) in [6, 6.07) is 7.92. The number of nitriles is 1. The molecule has 1 aliphatic heterocycles. The minimum absolute atomic E-state index is 0.0830. The highest BCUT2D eigenvalue weighted by Gasteiger charge is 2.17. The lowest BCUT2D eigenvalue weighted by Gasteiger charge is -2.24. The number of carbonyl (C=O) groups excluding carboxylic acids is 1. The van der Waals surface area contributed by atoms with E-state index in [9.17, 15) is 4.79 Å². The van der Waals surface area contributed by atoms with Crippen molar-refractivity contribution >= 4 is 11.6 Å². The lowest BCUT2D eigenvalue weighted by atomic mass is 10.1. The Morgan fingerprint density at radius 1 is 1.41 bits per heavy atom. The lowest BCUT2D eigenvalue weighted by Crippen LogP contribution is -2.29. The number of carbonyl (C=O) groups is 1. The van der Waals surface area contributed by atoms with Gasteiger partial charge in [0.15, 0.2) is 0 Å². The van der Waals surface area contributed by atoms with Crippen LogP contribution < -0.4 is 10.2 Å². The molecule has 1 heterocycles. The summed E-state index contributed by atoms with van der Waals surface area (Å²) in [6.45, 7) is 4.06. The molecule has 4 heteroatoms. The van der Waals surface area contributed by atoms with E-state index in [4.69, 9.17) is 5.26 Å². The van der Waals surface area contributed by atoms with Crippen molar-refractivity contribution in [3.05, 3.63) is 29.3 Å². The van der Waals surface area contributed by atoms with Crippen LogP contribution in [0.1, 0.15) is 17.5 Å². The molecule has 4 nitrogen and oxygen atoms in total. The van der Waals surface area contributed by atoms with Crippen LogP contribution in [0.2, 0.25) is 0 Å². The third-order valence-electron chi connectivity index (χ3n) is 2.99. The number of aryl methyl sites for hydroxylation is 1. The van der Waals surface area contributed by atoms with Gasteiger partial charge in [-0.2, -0.15) is 5.26 Å².